The van der Waals surface area contributed by atoms with Gasteiger partial charge in [-0.2, -0.15) is 5.10 Å². The number of aromatic nitrogens is 7. The molecule has 34 heavy (non-hydrogen) atoms. The molecule has 7 heteroatoms. The smallest absolute Gasteiger partial charge is 0.180 e. The van der Waals surface area contributed by atoms with E-state index in [2.05, 4.69) is 93.8 Å². The Morgan fingerprint density at radius 3 is 2.26 bits per heavy atom. The van der Waals surface area contributed by atoms with Crippen molar-refractivity contribution in [2.75, 3.05) is 0 Å². The van der Waals surface area contributed by atoms with Crippen molar-refractivity contribution in [2.45, 2.75) is 33.2 Å². The highest BCUT2D eigenvalue weighted by molar-refractivity contribution is 5.80. The first-order valence-electron chi connectivity index (χ1n) is 11.5. The number of nitrogens with zero attached hydrogens (tertiary/aromatic N) is 6. The van der Waals surface area contributed by atoms with Crippen LogP contribution in [0.1, 0.15) is 36.6 Å². The summed E-state index contributed by atoms with van der Waals surface area (Å²) in [6.45, 7) is 5.12. The summed E-state index contributed by atoms with van der Waals surface area (Å²) in [5, 5.41) is 19.2. The van der Waals surface area contributed by atoms with E-state index in [4.69, 9.17) is 10.1 Å². The Labute approximate surface area is 198 Å². The first-order chi connectivity index (χ1) is 16.7. The monoisotopic (exact) mass is 449 g/mol. The third-order valence-electron chi connectivity index (χ3n) is 5.71. The number of nitrogens with one attached hydrogen (secondary N) is 1. The van der Waals surface area contributed by atoms with E-state index >= 15 is 0 Å². The van der Waals surface area contributed by atoms with E-state index in [1.807, 2.05) is 24.3 Å². The van der Waals surface area contributed by atoms with Crippen LogP contribution in [0.25, 0.3) is 22.5 Å². The lowest BCUT2D eigenvalue weighted by molar-refractivity contribution is 0.562. The van der Waals surface area contributed by atoms with Crippen molar-refractivity contribution in [1.82, 2.24) is 35.4 Å². The van der Waals surface area contributed by atoms with Crippen LogP contribution >= 0.6 is 0 Å². The van der Waals surface area contributed by atoms with E-state index in [9.17, 15) is 0 Å². The molecule has 0 fully saturated rings. The minimum Gasteiger partial charge on any atom is -0.245 e. The number of rotatable bonds is 8. The van der Waals surface area contributed by atoms with E-state index in [1.54, 1.807) is 0 Å². The largest absolute Gasteiger partial charge is 0.245 e. The predicted octanol–water partition coefficient (Wildman–Crippen LogP) is 4.96. The van der Waals surface area contributed by atoms with Crippen LogP contribution in [0.4, 0.5) is 0 Å². The molecule has 0 amide bonds. The second kappa shape index (κ2) is 9.79. The molecule has 0 aliphatic rings. The molecule has 3 aromatic carbocycles. The van der Waals surface area contributed by atoms with Gasteiger partial charge in [-0.3, -0.25) is 0 Å². The Bertz CT molecular complexity index is 1340. The lowest BCUT2D eigenvalue weighted by atomic mass is 9.98. The van der Waals surface area contributed by atoms with Gasteiger partial charge in [0.25, 0.3) is 0 Å². The quantitative estimate of drug-likeness (QED) is 0.362. The molecular weight excluding hydrogens is 422 g/mol. The second-order valence-electron chi connectivity index (χ2n) is 8.85. The predicted molar refractivity (Wildman–Crippen MR) is 132 cm³/mol. The molecule has 170 valence electrons. The molecule has 0 saturated carbocycles. The van der Waals surface area contributed by atoms with E-state index in [0.29, 0.717) is 18.3 Å². The molecule has 0 bridgehead atoms. The van der Waals surface area contributed by atoms with Crippen molar-refractivity contribution in [3.05, 3.63) is 102 Å². The molecule has 2 heterocycles. The standard InChI is InChI=1S/C27H27N7/c1-19(2)16-26-28-25(17-20-8-4-3-5-9-20)31-34(26)18-21-12-14-22(15-13-21)23-10-6-7-11-24(23)27-29-32-33-30-27/h3-15,19H,16-18H2,1-2H3,(H,29,30,32,33). The van der Waals surface area contributed by atoms with Gasteiger partial charge in [0, 0.05) is 18.4 Å². The number of H-pyrrole nitrogens is 1. The average molecular weight is 450 g/mol. The van der Waals surface area contributed by atoms with Crippen LogP contribution in [0.15, 0.2) is 78.9 Å². The minimum atomic E-state index is 0.511. The van der Waals surface area contributed by atoms with Crippen molar-refractivity contribution >= 4 is 0 Å². The number of hydrogen-bond acceptors (Lipinski definition) is 5. The normalized spacial score (nSPS) is 11.3. The summed E-state index contributed by atoms with van der Waals surface area (Å²) < 4.78 is 2.06. The molecule has 1 N–H and O–H groups in total. The van der Waals surface area contributed by atoms with Gasteiger partial charge in [0.15, 0.2) is 11.6 Å². The Morgan fingerprint density at radius 1 is 0.824 bits per heavy atom. The van der Waals surface area contributed by atoms with Gasteiger partial charge in [-0.15, -0.1) is 5.10 Å². The fraction of sp³-hybridized carbons (Fsp3) is 0.222. The highest BCUT2D eigenvalue weighted by Gasteiger charge is 2.14. The Hall–Kier alpha value is -4.13. The van der Waals surface area contributed by atoms with Gasteiger partial charge in [-0.1, -0.05) is 92.7 Å². The van der Waals surface area contributed by atoms with E-state index < -0.39 is 0 Å². The van der Waals surface area contributed by atoms with Gasteiger partial charge in [0.2, 0.25) is 0 Å². The van der Waals surface area contributed by atoms with Gasteiger partial charge in [-0.05, 0) is 38.6 Å². The zero-order valence-corrected chi connectivity index (χ0v) is 19.4. The van der Waals surface area contributed by atoms with Crippen molar-refractivity contribution < 1.29 is 0 Å². The summed E-state index contributed by atoms with van der Waals surface area (Å²) in [5.41, 5.74) is 5.58. The van der Waals surface area contributed by atoms with Gasteiger partial charge in [0.1, 0.15) is 5.82 Å². The van der Waals surface area contributed by atoms with Gasteiger partial charge in [0.05, 0.1) is 6.54 Å². The van der Waals surface area contributed by atoms with Crippen LogP contribution in [0.3, 0.4) is 0 Å². The van der Waals surface area contributed by atoms with Gasteiger partial charge >= 0.3 is 0 Å². The van der Waals surface area contributed by atoms with Crippen LogP contribution in [-0.4, -0.2) is 35.4 Å². The molecule has 0 saturated heterocycles. The van der Waals surface area contributed by atoms with E-state index in [-0.39, 0.29) is 0 Å². The molecule has 0 spiro atoms. The molecule has 2 aromatic heterocycles. The maximum absolute atomic E-state index is 4.88. The maximum atomic E-state index is 4.88. The Morgan fingerprint density at radius 2 is 1.56 bits per heavy atom. The Balaban J connectivity index is 1.39. The topological polar surface area (TPSA) is 85.2 Å². The van der Waals surface area contributed by atoms with Gasteiger partial charge in [-0.25, -0.2) is 14.8 Å². The van der Waals surface area contributed by atoms with E-state index in [0.717, 1.165) is 41.2 Å². The molecule has 0 aliphatic carbocycles. The fourth-order valence-electron chi connectivity index (χ4n) is 4.10. The summed E-state index contributed by atoms with van der Waals surface area (Å²) in [7, 11) is 0. The molecule has 0 atom stereocenters. The van der Waals surface area contributed by atoms with Crippen LogP contribution in [0.5, 0.6) is 0 Å². The maximum Gasteiger partial charge on any atom is 0.180 e. The van der Waals surface area contributed by atoms with Crippen molar-refractivity contribution in [3.8, 4) is 22.5 Å². The van der Waals surface area contributed by atoms with Crippen LogP contribution in [0.2, 0.25) is 0 Å². The third kappa shape index (κ3) is 4.93. The average Bonchev–Trinajstić information content (AvgIpc) is 3.51. The summed E-state index contributed by atoms with van der Waals surface area (Å²) in [4.78, 5) is 4.88. The lowest BCUT2D eigenvalue weighted by Crippen LogP contribution is -2.09. The Kier molecular flexibility index (Phi) is 6.25. The summed E-state index contributed by atoms with van der Waals surface area (Å²) in [6.07, 6.45) is 1.64. The fourth-order valence-corrected chi connectivity index (χ4v) is 4.10. The van der Waals surface area contributed by atoms with Crippen LogP contribution in [-0.2, 0) is 19.4 Å². The van der Waals surface area contributed by atoms with Crippen molar-refractivity contribution in [2.24, 2.45) is 5.92 Å². The SMILES string of the molecule is CC(C)Cc1nc(Cc2ccccc2)nn1Cc1ccc(-c2ccccc2-c2nnn[nH]2)cc1. The minimum absolute atomic E-state index is 0.511. The molecule has 0 unspecified atom stereocenters. The second-order valence-corrected chi connectivity index (χ2v) is 8.85. The third-order valence-corrected chi connectivity index (χ3v) is 5.71. The zero-order chi connectivity index (χ0) is 23.3. The molecule has 0 radical (unpaired) electrons. The molecule has 7 nitrogen and oxygen atoms in total. The highest BCUT2D eigenvalue weighted by Crippen LogP contribution is 2.29. The summed E-state index contributed by atoms with van der Waals surface area (Å²) >= 11 is 0. The van der Waals surface area contributed by atoms with Crippen LogP contribution in [0, 0.1) is 5.92 Å². The van der Waals surface area contributed by atoms with Crippen LogP contribution < -0.4 is 0 Å². The summed E-state index contributed by atoms with van der Waals surface area (Å²) in [5.74, 6) is 3.07. The summed E-state index contributed by atoms with van der Waals surface area (Å²) in [6, 6.07) is 27.1. The number of tetrazole rings is 1. The lowest BCUT2D eigenvalue weighted by Gasteiger charge is -2.10. The first-order valence-corrected chi connectivity index (χ1v) is 11.5. The van der Waals surface area contributed by atoms with E-state index in [1.165, 1.54) is 11.1 Å². The van der Waals surface area contributed by atoms with Gasteiger partial charge < -0.3 is 0 Å². The highest BCUT2D eigenvalue weighted by atomic mass is 15.5. The first kappa shape index (κ1) is 21.7. The van der Waals surface area contributed by atoms with Crippen molar-refractivity contribution in [1.29, 1.82) is 0 Å². The zero-order valence-electron chi connectivity index (χ0n) is 19.4. The molecule has 5 aromatic rings. The van der Waals surface area contributed by atoms with Crippen molar-refractivity contribution in [3.63, 3.8) is 0 Å². The molecule has 0 aliphatic heterocycles. The number of aromatic amines is 1. The number of hydrogen-bond donors (Lipinski definition) is 1. The number of benzene rings is 3. The molecular formula is C27H27N7. The molecule has 5 rings (SSSR count).